The molecule has 0 aliphatic carbocycles. The van der Waals surface area contributed by atoms with Gasteiger partial charge in [-0.3, -0.25) is 10.1 Å². The first-order valence-electron chi connectivity index (χ1n) is 6.73. The quantitative estimate of drug-likeness (QED) is 0.644. The third-order valence-electron chi connectivity index (χ3n) is 3.07. The van der Waals surface area contributed by atoms with Gasteiger partial charge in [0.25, 0.3) is 0 Å². The fourth-order valence-electron chi connectivity index (χ4n) is 2.15. The highest BCUT2D eigenvalue weighted by atomic mass is 16.6. The Labute approximate surface area is 117 Å². The SMILES string of the molecule is CCCNc1ncnc(N2CCOC(C)C2)c1[N+](=O)[O-]. The van der Waals surface area contributed by atoms with E-state index in [9.17, 15) is 10.1 Å². The van der Waals surface area contributed by atoms with Crippen molar-refractivity contribution in [3.8, 4) is 0 Å². The molecule has 20 heavy (non-hydrogen) atoms. The Morgan fingerprint density at radius 3 is 3.05 bits per heavy atom. The van der Waals surface area contributed by atoms with E-state index in [0.29, 0.717) is 32.1 Å². The van der Waals surface area contributed by atoms with E-state index in [2.05, 4.69) is 15.3 Å². The minimum atomic E-state index is -0.423. The van der Waals surface area contributed by atoms with Gasteiger partial charge in [0.2, 0.25) is 11.6 Å². The zero-order chi connectivity index (χ0) is 14.5. The topological polar surface area (TPSA) is 93.4 Å². The first-order valence-corrected chi connectivity index (χ1v) is 6.73. The van der Waals surface area contributed by atoms with Crippen LogP contribution < -0.4 is 10.2 Å². The lowest BCUT2D eigenvalue weighted by Gasteiger charge is -2.31. The molecule has 1 fully saturated rings. The minimum absolute atomic E-state index is 0.0328. The Bertz CT molecular complexity index is 482. The van der Waals surface area contributed by atoms with E-state index in [-0.39, 0.29) is 17.6 Å². The van der Waals surface area contributed by atoms with Crippen LogP contribution >= 0.6 is 0 Å². The molecule has 1 aliphatic heterocycles. The number of nitrogens with zero attached hydrogens (tertiary/aromatic N) is 4. The molecule has 0 spiro atoms. The highest BCUT2D eigenvalue weighted by Crippen LogP contribution is 2.32. The van der Waals surface area contributed by atoms with Gasteiger partial charge in [-0.25, -0.2) is 9.97 Å². The smallest absolute Gasteiger partial charge is 0.353 e. The second kappa shape index (κ2) is 6.47. The van der Waals surface area contributed by atoms with Crippen molar-refractivity contribution in [3.63, 3.8) is 0 Å². The molecule has 1 aliphatic rings. The summed E-state index contributed by atoms with van der Waals surface area (Å²) < 4.78 is 5.45. The molecule has 0 saturated carbocycles. The van der Waals surface area contributed by atoms with Crippen LogP contribution in [0.2, 0.25) is 0 Å². The Morgan fingerprint density at radius 2 is 2.40 bits per heavy atom. The van der Waals surface area contributed by atoms with E-state index in [1.807, 2.05) is 18.7 Å². The van der Waals surface area contributed by atoms with E-state index >= 15 is 0 Å². The molecule has 0 aromatic carbocycles. The van der Waals surface area contributed by atoms with Crippen LogP contribution in [-0.2, 0) is 4.74 Å². The summed E-state index contributed by atoms with van der Waals surface area (Å²) in [4.78, 5) is 20.9. The maximum Gasteiger partial charge on any atom is 0.353 e. The van der Waals surface area contributed by atoms with Crippen LogP contribution in [0.3, 0.4) is 0 Å². The molecule has 1 saturated heterocycles. The molecule has 0 radical (unpaired) electrons. The maximum atomic E-state index is 11.4. The molecule has 8 nitrogen and oxygen atoms in total. The normalized spacial score (nSPS) is 18.9. The van der Waals surface area contributed by atoms with Gasteiger partial charge in [-0.1, -0.05) is 6.92 Å². The summed E-state index contributed by atoms with van der Waals surface area (Å²) in [6, 6.07) is 0. The van der Waals surface area contributed by atoms with Gasteiger partial charge in [0.05, 0.1) is 17.6 Å². The summed E-state index contributed by atoms with van der Waals surface area (Å²) in [7, 11) is 0. The van der Waals surface area contributed by atoms with Crippen LogP contribution in [-0.4, -0.2) is 47.2 Å². The summed E-state index contributed by atoms with van der Waals surface area (Å²) in [5.74, 6) is 0.639. The zero-order valence-corrected chi connectivity index (χ0v) is 11.7. The van der Waals surface area contributed by atoms with Gasteiger partial charge in [0.15, 0.2) is 0 Å². The van der Waals surface area contributed by atoms with E-state index < -0.39 is 4.92 Å². The molecule has 110 valence electrons. The number of nitro groups is 1. The number of ether oxygens (including phenoxy) is 1. The van der Waals surface area contributed by atoms with Gasteiger partial charge in [0, 0.05) is 19.6 Å². The van der Waals surface area contributed by atoms with Gasteiger partial charge >= 0.3 is 5.69 Å². The van der Waals surface area contributed by atoms with Crippen LogP contribution in [0.25, 0.3) is 0 Å². The predicted octanol–water partition coefficient (Wildman–Crippen LogP) is 1.43. The highest BCUT2D eigenvalue weighted by molar-refractivity contribution is 5.70. The molecule has 8 heteroatoms. The van der Waals surface area contributed by atoms with Crippen LogP contribution in [0.4, 0.5) is 17.3 Å². The zero-order valence-electron chi connectivity index (χ0n) is 11.7. The Morgan fingerprint density at radius 1 is 1.60 bits per heavy atom. The largest absolute Gasteiger partial charge is 0.375 e. The molecule has 0 bridgehead atoms. The molecule has 2 rings (SSSR count). The molecule has 1 aromatic rings. The lowest BCUT2D eigenvalue weighted by molar-refractivity contribution is -0.383. The fourth-order valence-corrected chi connectivity index (χ4v) is 2.15. The standard InChI is InChI=1S/C12H19N5O3/c1-3-4-13-11-10(17(18)19)12(15-8-14-11)16-5-6-20-9(2)7-16/h8-9H,3-7H2,1-2H3,(H,13,14,15). The monoisotopic (exact) mass is 281 g/mol. The van der Waals surface area contributed by atoms with Crippen molar-refractivity contribution in [2.45, 2.75) is 26.4 Å². The second-order valence-electron chi connectivity index (χ2n) is 4.71. The van der Waals surface area contributed by atoms with Crippen molar-refractivity contribution in [1.29, 1.82) is 0 Å². The average Bonchev–Trinajstić information content (AvgIpc) is 2.44. The van der Waals surface area contributed by atoms with Crippen molar-refractivity contribution >= 4 is 17.3 Å². The minimum Gasteiger partial charge on any atom is -0.375 e. The summed E-state index contributed by atoms with van der Waals surface area (Å²) >= 11 is 0. The van der Waals surface area contributed by atoms with E-state index in [1.54, 1.807) is 0 Å². The summed E-state index contributed by atoms with van der Waals surface area (Å²) in [5.41, 5.74) is -0.0601. The average molecular weight is 281 g/mol. The Balaban J connectivity index is 2.33. The van der Waals surface area contributed by atoms with Crippen molar-refractivity contribution < 1.29 is 9.66 Å². The first kappa shape index (κ1) is 14.4. The number of morpholine rings is 1. The summed E-state index contributed by atoms with van der Waals surface area (Å²) in [6.45, 7) is 6.29. The molecule has 0 amide bonds. The van der Waals surface area contributed by atoms with Crippen LogP contribution in [0.15, 0.2) is 6.33 Å². The van der Waals surface area contributed by atoms with Crippen LogP contribution in [0.1, 0.15) is 20.3 Å². The Kier molecular flexibility index (Phi) is 4.67. The number of hydrogen-bond donors (Lipinski definition) is 1. The lowest BCUT2D eigenvalue weighted by Crippen LogP contribution is -2.41. The first-order chi connectivity index (χ1) is 9.63. The number of rotatable bonds is 5. The third kappa shape index (κ3) is 3.13. The third-order valence-corrected chi connectivity index (χ3v) is 3.07. The predicted molar refractivity (Wildman–Crippen MR) is 75.1 cm³/mol. The Hall–Kier alpha value is -1.96. The van der Waals surface area contributed by atoms with Gasteiger partial charge in [-0.2, -0.15) is 0 Å². The van der Waals surface area contributed by atoms with Crippen LogP contribution in [0.5, 0.6) is 0 Å². The summed E-state index contributed by atoms with van der Waals surface area (Å²) in [5, 5.41) is 14.3. The number of aromatic nitrogens is 2. The molecule has 1 atom stereocenters. The van der Waals surface area contributed by atoms with Crippen molar-refractivity contribution in [1.82, 2.24) is 9.97 Å². The van der Waals surface area contributed by atoms with Crippen LogP contribution in [0, 0.1) is 10.1 Å². The number of hydrogen-bond acceptors (Lipinski definition) is 7. The number of anilines is 2. The molecule has 1 N–H and O–H groups in total. The van der Waals surface area contributed by atoms with Gasteiger partial charge in [-0.05, 0) is 13.3 Å². The highest BCUT2D eigenvalue weighted by Gasteiger charge is 2.29. The molecule has 1 unspecified atom stereocenters. The van der Waals surface area contributed by atoms with Crippen molar-refractivity contribution in [2.75, 3.05) is 36.5 Å². The van der Waals surface area contributed by atoms with E-state index in [1.165, 1.54) is 6.33 Å². The van der Waals surface area contributed by atoms with Crippen molar-refractivity contribution in [3.05, 3.63) is 16.4 Å². The van der Waals surface area contributed by atoms with Gasteiger partial charge < -0.3 is 15.0 Å². The molecule has 1 aromatic heterocycles. The molecule has 2 heterocycles. The molecular formula is C12H19N5O3. The lowest BCUT2D eigenvalue weighted by atomic mass is 10.3. The van der Waals surface area contributed by atoms with E-state index in [0.717, 1.165) is 6.42 Å². The fraction of sp³-hybridized carbons (Fsp3) is 0.667. The molecular weight excluding hydrogens is 262 g/mol. The second-order valence-corrected chi connectivity index (χ2v) is 4.71. The maximum absolute atomic E-state index is 11.4. The van der Waals surface area contributed by atoms with Crippen molar-refractivity contribution in [2.24, 2.45) is 0 Å². The summed E-state index contributed by atoms with van der Waals surface area (Å²) in [6.07, 6.45) is 2.26. The van der Waals surface area contributed by atoms with E-state index in [4.69, 9.17) is 4.74 Å². The van der Waals surface area contributed by atoms with Gasteiger partial charge in [0.1, 0.15) is 6.33 Å². The van der Waals surface area contributed by atoms with Gasteiger partial charge in [-0.15, -0.1) is 0 Å². The number of nitrogens with one attached hydrogen (secondary N) is 1.